The Labute approximate surface area is 129 Å². The number of nitrogens with zero attached hydrogens (tertiary/aromatic N) is 1. The number of methoxy groups -OCH3 is 1. The molecule has 0 bridgehead atoms. The van der Waals surface area contributed by atoms with Gasteiger partial charge in [0, 0.05) is 13.1 Å². The molecule has 2 amide bonds. The predicted molar refractivity (Wildman–Crippen MR) is 80.4 cm³/mol. The van der Waals surface area contributed by atoms with Crippen LogP contribution in [0.1, 0.15) is 23.8 Å². The molecule has 21 heavy (non-hydrogen) atoms. The first kappa shape index (κ1) is 15.6. The molecule has 0 aromatic heterocycles. The van der Waals surface area contributed by atoms with Crippen LogP contribution >= 0.6 is 11.6 Å². The summed E-state index contributed by atoms with van der Waals surface area (Å²) in [6, 6.07) is 6.96. The van der Waals surface area contributed by atoms with Gasteiger partial charge in [-0.2, -0.15) is 0 Å². The molecule has 1 aliphatic heterocycles. The largest absolute Gasteiger partial charge is 0.497 e. The summed E-state index contributed by atoms with van der Waals surface area (Å²) in [7, 11) is 1.57. The topological polar surface area (TPSA) is 58.6 Å². The lowest BCUT2D eigenvalue weighted by Crippen LogP contribution is -2.39. The molecule has 1 fully saturated rings. The number of benzene rings is 1. The molecule has 1 N–H and O–H groups in total. The summed E-state index contributed by atoms with van der Waals surface area (Å²) in [4.78, 5) is 25.6. The molecule has 1 atom stereocenters. The van der Waals surface area contributed by atoms with Gasteiger partial charge in [0.2, 0.25) is 11.8 Å². The molecule has 0 radical (unpaired) electrons. The molecular formula is C15H19ClN2O3. The minimum absolute atomic E-state index is 0.00178. The Kier molecular flexibility index (Phi) is 5.44. The number of nitrogens with one attached hydrogen (secondary N) is 1. The fraction of sp³-hybridized carbons (Fsp3) is 0.467. The fourth-order valence-electron chi connectivity index (χ4n) is 2.25. The van der Waals surface area contributed by atoms with Crippen LogP contribution < -0.4 is 10.1 Å². The van der Waals surface area contributed by atoms with E-state index >= 15 is 0 Å². The van der Waals surface area contributed by atoms with Gasteiger partial charge in [-0.3, -0.25) is 9.59 Å². The van der Waals surface area contributed by atoms with Crippen molar-refractivity contribution in [3.8, 4) is 5.75 Å². The van der Waals surface area contributed by atoms with E-state index in [-0.39, 0.29) is 18.4 Å². The van der Waals surface area contributed by atoms with Crippen LogP contribution in [0.4, 0.5) is 0 Å². The molecular weight excluding hydrogens is 292 g/mol. The summed E-state index contributed by atoms with van der Waals surface area (Å²) in [5.74, 6) is 0.279. The molecule has 1 saturated heterocycles. The van der Waals surface area contributed by atoms with E-state index in [2.05, 4.69) is 5.32 Å². The molecule has 1 heterocycles. The monoisotopic (exact) mass is 310 g/mol. The number of amides is 2. The van der Waals surface area contributed by atoms with E-state index in [4.69, 9.17) is 16.3 Å². The second-order valence-corrected chi connectivity index (χ2v) is 5.38. The number of carbonyl (C=O) groups excluding carboxylic acids is 2. The number of alkyl halides is 1. The molecule has 0 saturated carbocycles. The number of hydrogen-bond donors (Lipinski definition) is 1. The van der Waals surface area contributed by atoms with E-state index in [0.717, 1.165) is 25.9 Å². The van der Waals surface area contributed by atoms with E-state index in [0.29, 0.717) is 11.3 Å². The third kappa shape index (κ3) is 4.11. The van der Waals surface area contributed by atoms with Gasteiger partial charge in [-0.05, 0) is 30.5 Å². The highest BCUT2D eigenvalue weighted by Gasteiger charge is 2.21. The van der Waals surface area contributed by atoms with Crippen LogP contribution in [0.5, 0.6) is 5.75 Å². The number of rotatable bonds is 5. The number of hydrogen-bond acceptors (Lipinski definition) is 3. The van der Waals surface area contributed by atoms with E-state index in [1.54, 1.807) is 36.3 Å². The minimum Gasteiger partial charge on any atom is -0.497 e. The number of carbonyl (C=O) groups is 2. The quantitative estimate of drug-likeness (QED) is 0.842. The third-order valence-corrected chi connectivity index (χ3v) is 3.96. The maximum Gasteiger partial charge on any atom is 0.243 e. The normalized spacial score (nSPS) is 15.6. The van der Waals surface area contributed by atoms with Gasteiger partial charge < -0.3 is 15.0 Å². The highest BCUT2D eigenvalue weighted by Crippen LogP contribution is 2.23. The van der Waals surface area contributed by atoms with E-state index < -0.39 is 5.38 Å². The molecule has 114 valence electrons. The first-order valence-electron chi connectivity index (χ1n) is 6.95. The van der Waals surface area contributed by atoms with Crippen LogP contribution in [0.15, 0.2) is 24.3 Å². The molecule has 1 aromatic rings. The lowest BCUT2D eigenvalue weighted by atomic mass is 10.1. The van der Waals surface area contributed by atoms with E-state index in [1.807, 2.05) is 0 Å². The summed E-state index contributed by atoms with van der Waals surface area (Å²) in [5.41, 5.74) is 0.670. The van der Waals surface area contributed by atoms with Crippen molar-refractivity contribution in [3.05, 3.63) is 29.8 Å². The Morgan fingerprint density at radius 1 is 1.29 bits per heavy atom. The maximum atomic E-state index is 12.0. The van der Waals surface area contributed by atoms with Crippen LogP contribution in [0, 0.1) is 0 Å². The first-order chi connectivity index (χ1) is 10.1. The van der Waals surface area contributed by atoms with Crippen molar-refractivity contribution in [2.75, 3.05) is 26.7 Å². The summed E-state index contributed by atoms with van der Waals surface area (Å²) >= 11 is 6.12. The molecule has 1 aliphatic rings. The maximum absolute atomic E-state index is 12.0. The molecule has 0 aliphatic carbocycles. The number of ether oxygens (including phenoxy) is 1. The standard InChI is InChI=1S/C15H19ClN2O3/c1-21-12-6-4-11(5-7-12)14(16)15(20)17-10-13(19)18-8-2-3-9-18/h4-7,14H,2-3,8-10H2,1H3,(H,17,20). The highest BCUT2D eigenvalue weighted by molar-refractivity contribution is 6.30. The SMILES string of the molecule is COc1ccc(C(Cl)C(=O)NCC(=O)N2CCCC2)cc1. The Balaban J connectivity index is 1.85. The second kappa shape index (κ2) is 7.31. The average molecular weight is 311 g/mol. The zero-order valence-electron chi connectivity index (χ0n) is 12.0. The molecule has 2 rings (SSSR count). The lowest BCUT2D eigenvalue weighted by molar-refractivity contribution is -0.131. The average Bonchev–Trinajstić information content (AvgIpc) is 3.06. The molecule has 1 aromatic carbocycles. The van der Waals surface area contributed by atoms with Gasteiger partial charge in [0.15, 0.2) is 0 Å². The van der Waals surface area contributed by atoms with Crippen LogP contribution in [-0.2, 0) is 9.59 Å². The zero-order valence-corrected chi connectivity index (χ0v) is 12.7. The van der Waals surface area contributed by atoms with Crippen molar-refractivity contribution in [3.63, 3.8) is 0 Å². The third-order valence-electron chi connectivity index (χ3n) is 3.51. The summed E-state index contributed by atoms with van der Waals surface area (Å²) in [6.07, 6.45) is 2.06. The van der Waals surface area contributed by atoms with Gasteiger partial charge >= 0.3 is 0 Å². The summed E-state index contributed by atoms with van der Waals surface area (Å²) in [6.45, 7) is 1.55. The van der Waals surface area contributed by atoms with Gasteiger partial charge in [-0.1, -0.05) is 12.1 Å². The minimum atomic E-state index is -0.817. The smallest absolute Gasteiger partial charge is 0.243 e. The Morgan fingerprint density at radius 2 is 1.90 bits per heavy atom. The van der Waals surface area contributed by atoms with Crippen LogP contribution in [0.2, 0.25) is 0 Å². The summed E-state index contributed by atoms with van der Waals surface area (Å²) < 4.78 is 5.05. The highest BCUT2D eigenvalue weighted by atomic mass is 35.5. The van der Waals surface area contributed by atoms with Crippen molar-refractivity contribution < 1.29 is 14.3 Å². The van der Waals surface area contributed by atoms with E-state index in [1.165, 1.54) is 0 Å². The second-order valence-electron chi connectivity index (χ2n) is 4.94. The van der Waals surface area contributed by atoms with Crippen molar-refractivity contribution in [1.82, 2.24) is 10.2 Å². The molecule has 6 heteroatoms. The van der Waals surface area contributed by atoms with Gasteiger partial charge in [0.1, 0.15) is 11.1 Å². The number of halogens is 1. The van der Waals surface area contributed by atoms with Crippen LogP contribution in [0.3, 0.4) is 0 Å². The molecule has 5 nitrogen and oxygen atoms in total. The predicted octanol–water partition coefficient (Wildman–Crippen LogP) is 1.71. The lowest BCUT2D eigenvalue weighted by Gasteiger charge is -2.16. The molecule has 1 unspecified atom stereocenters. The van der Waals surface area contributed by atoms with Crippen molar-refractivity contribution in [2.24, 2.45) is 0 Å². The zero-order chi connectivity index (χ0) is 15.2. The van der Waals surface area contributed by atoms with Gasteiger partial charge in [-0.15, -0.1) is 11.6 Å². The van der Waals surface area contributed by atoms with Crippen molar-refractivity contribution >= 4 is 23.4 Å². The van der Waals surface area contributed by atoms with Gasteiger partial charge in [0.05, 0.1) is 13.7 Å². The van der Waals surface area contributed by atoms with Crippen LogP contribution in [0.25, 0.3) is 0 Å². The van der Waals surface area contributed by atoms with Gasteiger partial charge in [-0.25, -0.2) is 0 Å². The van der Waals surface area contributed by atoms with Crippen molar-refractivity contribution in [1.29, 1.82) is 0 Å². The summed E-state index contributed by atoms with van der Waals surface area (Å²) in [5, 5.41) is 1.78. The van der Waals surface area contributed by atoms with Gasteiger partial charge in [0.25, 0.3) is 0 Å². The Morgan fingerprint density at radius 3 is 2.48 bits per heavy atom. The number of likely N-dealkylation sites (tertiary alicyclic amines) is 1. The molecule has 0 spiro atoms. The Hall–Kier alpha value is -1.75. The Bertz CT molecular complexity index is 498. The first-order valence-corrected chi connectivity index (χ1v) is 7.39. The van der Waals surface area contributed by atoms with E-state index in [9.17, 15) is 9.59 Å². The van der Waals surface area contributed by atoms with Crippen molar-refractivity contribution in [2.45, 2.75) is 18.2 Å². The van der Waals surface area contributed by atoms with Crippen LogP contribution in [-0.4, -0.2) is 43.5 Å². The fourth-order valence-corrected chi connectivity index (χ4v) is 2.48.